The summed E-state index contributed by atoms with van der Waals surface area (Å²) in [5, 5.41) is 7.51. The normalized spacial score (nSPS) is 12.3. The summed E-state index contributed by atoms with van der Waals surface area (Å²) in [6, 6.07) is 126. The van der Waals surface area contributed by atoms with Crippen molar-refractivity contribution in [2.24, 2.45) is 0 Å². The lowest BCUT2D eigenvalue weighted by molar-refractivity contribution is 1.13. The van der Waals surface area contributed by atoms with Gasteiger partial charge in [0.1, 0.15) is 0 Å². The maximum atomic E-state index is 3.65. The van der Waals surface area contributed by atoms with Gasteiger partial charge in [-0.1, -0.05) is 246 Å². The third-order valence-corrected chi connectivity index (χ3v) is 21.3. The Balaban J connectivity index is 0.000000117. The minimum atomic E-state index is 1.09. The van der Waals surface area contributed by atoms with Crippen molar-refractivity contribution in [2.45, 2.75) is 19.6 Å². The van der Waals surface area contributed by atoms with Crippen molar-refractivity contribution in [2.75, 3.05) is 9.80 Å². The highest BCUT2D eigenvalue weighted by atomic mass is 79.9. The molecule has 1 N–H and O–H groups in total. The van der Waals surface area contributed by atoms with E-state index in [9.17, 15) is 0 Å². The molecule has 0 spiro atoms. The standard InChI is InChI=1S/C44H29N3S.C26H18N2.C18H12BrNS/c1-3-14-30(15-4-1)41-29-36-38(45(41)31-16-5-2-6-17-31)27-26-35-34-20-7-8-21-37(34)47(44(35)36)33-19-13-18-32(28-33)46-39-22-9-11-24-42(39)48-43-25-12-10-23-40(43)46;1-3-9-18(10-4-1)25-17-22-24(28(25)19-11-5-2-6-12-19)16-15-21-20-13-7-8-14-23(20)27-26(21)22;19-13-6-5-7-14(12-13)20-15-8-1-3-10-17(15)21-18-11-4-2-9-16(18)20/h1-29H;1-17,27H;1-12H. The predicted molar refractivity (Wildman–Crippen MR) is 413 cm³/mol. The Labute approximate surface area is 578 Å². The van der Waals surface area contributed by atoms with Gasteiger partial charge in [-0.3, -0.25) is 0 Å². The number of rotatable bonds is 7. The topological polar surface area (TPSA) is 37.1 Å². The van der Waals surface area contributed by atoms with Gasteiger partial charge in [0.15, 0.2) is 0 Å². The molecule has 0 unspecified atom stereocenters. The van der Waals surface area contributed by atoms with E-state index in [1.165, 1.54) is 142 Å². The summed E-state index contributed by atoms with van der Waals surface area (Å²) in [5.74, 6) is 0. The van der Waals surface area contributed by atoms with Gasteiger partial charge < -0.3 is 28.5 Å². The number of aromatic nitrogens is 4. The van der Waals surface area contributed by atoms with Gasteiger partial charge in [-0.05, 0) is 157 Å². The first-order chi connectivity index (χ1) is 48.1. The van der Waals surface area contributed by atoms with Crippen molar-refractivity contribution >= 4 is 139 Å². The second-order valence-corrected chi connectivity index (χ2v) is 27.3. The van der Waals surface area contributed by atoms with Crippen LogP contribution in [0.5, 0.6) is 0 Å². The summed E-state index contributed by atoms with van der Waals surface area (Å²) in [7, 11) is 0. The van der Waals surface area contributed by atoms with Crippen molar-refractivity contribution < 1.29 is 0 Å². The Morgan fingerprint density at radius 1 is 0.258 bits per heavy atom. The number of halogens is 1. The van der Waals surface area contributed by atoms with E-state index in [1.807, 2.05) is 23.5 Å². The third-order valence-electron chi connectivity index (χ3n) is 18.5. The van der Waals surface area contributed by atoms with E-state index in [0.29, 0.717) is 0 Å². The zero-order valence-corrected chi connectivity index (χ0v) is 55.6. The first-order valence-electron chi connectivity index (χ1n) is 32.6. The van der Waals surface area contributed by atoms with Crippen LogP contribution in [0, 0.1) is 0 Å². The number of nitrogens with zero attached hydrogens (tertiary/aromatic N) is 5. The minimum Gasteiger partial charge on any atom is -0.354 e. The van der Waals surface area contributed by atoms with Gasteiger partial charge in [0.25, 0.3) is 0 Å². The number of nitrogens with one attached hydrogen (secondary N) is 1. The Hall–Kier alpha value is -11.5. The molecule has 14 aromatic carbocycles. The van der Waals surface area contributed by atoms with Gasteiger partial charge in [-0.25, -0.2) is 0 Å². The monoisotopic (exact) mass is 1340 g/mol. The van der Waals surface area contributed by atoms with E-state index >= 15 is 0 Å². The molecule has 0 amide bonds. The molecule has 0 radical (unpaired) electrons. The van der Waals surface area contributed by atoms with Gasteiger partial charge in [0, 0.05) is 90.3 Å². The quantitative estimate of drug-likeness (QED) is 0.173. The second-order valence-electron chi connectivity index (χ2n) is 24.2. The van der Waals surface area contributed by atoms with Crippen molar-refractivity contribution in [1.29, 1.82) is 0 Å². The predicted octanol–water partition coefficient (Wildman–Crippen LogP) is 25.6. The van der Waals surface area contributed by atoms with Crippen LogP contribution in [0.2, 0.25) is 0 Å². The van der Waals surface area contributed by atoms with Crippen molar-refractivity contribution in [1.82, 2.24) is 18.7 Å². The molecule has 18 aromatic rings. The molecule has 20 rings (SSSR count). The molecule has 460 valence electrons. The van der Waals surface area contributed by atoms with Crippen molar-refractivity contribution in [3.05, 3.63) is 356 Å². The molecule has 0 bridgehead atoms. The summed E-state index contributed by atoms with van der Waals surface area (Å²) in [6.07, 6.45) is 0. The average Bonchev–Trinajstić information content (AvgIpc) is 1.56. The molecular weight excluding hydrogens is 1290 g/mol. The Morgan fingerprint density at radius 3 is 1.21 bits per heavy atom. The number of aromatic amines is 1. The Kier molecular flexibility index (Phi) is 14.8. The first kappa shape index (κ1) is 58.1. The number of H-pyrrole nitrogens is 1. The number of para-hydroxylation sites is 8. The largest absolute Gasteiger partial charge is 0.354 e. The Morgan fingerprint density at radius 2 is 0.660 bits per heavy atom. The molecule has 97 heavy (non-hydrogen) atoms. The molecule has 0 saturated heterocycles. The highest BCUT2D eigenvalue weighted by Crippen LogP contribution is 2.53. The molecular formula is C88H59BrN6S2. The smallest absolute Gasteiger partial charge is 0.0635 e. The van der Waals surface area contributed by atoms with Gasteiger partial charge in [-0.15, -0.1) is 0 Å². The van der Waals surface area contributed by atoms with Crippen molar-refractivity contribution in [3.63, 3.8) is 0 Å². The van der Waals surface area contributed by atoms with Crippen LogP contribution in [0.25, 0.3) is 105 Å². The molecule has 2 aliphatic rings. The molecule has 0 fully saturated rings. The lowest BCUT2D eigenvalue weighted by atomic mass is 10.1. The number of fused-ring (bicyclic) bond motifs is 14. The minimum absolute atomic E-state index is 1.09. The van der Waals surface area contributed by atoms with Crippen molar-refractivity contribution in [3.8, 4) is 39.6 Å². The fourth-order valence-corrected chi connectivity index (χ4v) is 16.8. The van der Waals surface area contributed by atoms with E-state index in [-0.39, 0.29) is 0 Å². The zero-order chi connectivity index (χ0) is 64.3. The van der Waals surface area contributed by atoms with Crippen LogP contribution in [0.4, 0.5) is 34.1 Å². The number of benzene rings is 14. The second kappa shape index (κ2) is 24.7. The average molecular weight is 1340 g/mol. The number of hydrogen-bond acceptors (Lipinski definition) is 4. The van der Waals surface area contributed by atoms with Crippen LogP contribution in [0.3, 0.4) is 0 Å². The Bertz CT molecular complexity index is 5900. The molecule has 9 heteroatoms. The zero-order valence-electron chi connectivity index (χ0n) is 52.4. The SMILES string of the molecule is Brc1cccc(N2c3ccccc3Sc3ccccc32)c1.c1ccc(-c2cc3c(ccc4c5ccccc5n(-c5cccc(N6c7ccccc7Sc7ccccc76)c5)c43)n2-c2ccccc2)cc1.c1ccc(-c2cc3c4[nH]c5ccccc5c4ccc3n2-c2ccccc2)cc1. The molecule has 0 aliphatic carbocycles. The molecule has 6 heterocycles. The van der Waals surface area contributed by atoms with Crippen LogP contribution in [-0.4, -0.2) is 18.7 Å². The summed E-state index contributed by atoms with van der Waals surface area (Å²) >= 11 is 7.25. The summed E-state index contributed by atoms with van der Waals surface area (Å²) in [6.45, 7) is 0. The molecule has 4 aromatic heterocycles. The molecule has 6 nitrogen and oxygen atoms in total. The first-order valence-corrected chi connectivity index (χ1v) is 35.0. The van der Waals surface area contributed by atoms with Crippen LogP contribution in [0.15, 0.2) is 376 Å². The van der Waals surface area contributed by atoms with Gasteiger partial charge in [0.05, 0.1) is 61.7 Å². The van der Waals surface area contributed by atoms with E-state index in [4.69, 9.17) is 0 Å². The van der Waals surface area contributed by atoms with E-state index in [0.717, 1.165) is 21.5 Å². The molecule has 0 atom stereocenters. The van der Waals surface area contributed by atoms with Gasteiger partial charge >= 0.3 is 0 Å². The fraction of sp³-hybridized carbons (Fsp3) is 0. The maximum absolute atomic E-state index is 3.65. The van der Waals surface area contributed by atoms with E-state index in [1.54, 1.807) is 0 Å². The van der Waals surface area contributed by atoms with Crippen LogP contribution in [-0.2, 0) is 0 Å². The number of hydrogen-bond donors (Lipinski definition) is 1. The molecule has 2 aliphatic heterocycles. The highest BCUT2D eigenvalue weighted by molar-refractivity contribution is 9.10. The third kappa shape index (κ3) is 10.3. The van der Waals surface area contributed by atoms with Gasteiger partial charge in [-0.2, -0.15) is 0 Å². The van der Waals surface area contributed by atoms with E-state index in [2.05, 4.69) is 396 Å². The molecule has 0 saturated carbocycles. The van der Waals surface area contributed by atoms with Crippen LogP contribution < -0.4 is 9.80 Å². The fourth-order valence-electron chi connectivity index (χ4n) is 14.3. The summed E-state index contributed by atoms with van der Waals surface area (Å²) in [5.41, 5.74) is 22.6. The van der Waals surface area contributed by atoms with Gasteiger partial charge in [0.2, 0.25) is 0 Å². The summed E-state index contributed by atoms with van der Waals surface area (Å²) in [4.78, 5) is 13.5. The lowest BCUT2D eigenvalue weighted by Gasteiger charge is -2.33. The maximum Gasteiger partial charge on any atom is 0.0635 e. The van der Waals surface area contributed by atoms with Crippen LogP contribution in [0.1, 0.15) is 0 Å². The lowest BCUT2D eigenvalue weighted by Crippen LogP contribution is -2.15. The van der Waals surface area contributed by atoms with E-state index < -0.39 is 0 Å². The number of anilines is 6. The summed E-state index contributed by atoms with van der Waals surface area (Å²) < 4.78 is 8.32. The highest BCUT2D eigenvalue weighted by Gasteiger charge is 2.28. The van der Waals surface area contributed by atoms with Crippen LogP contribution >= 0.6 is 39.5 Å².